The maximum absolute atomic E-state index is 12.4. The van der Waals surface area contributed by atoms with E-state index < -0.39 is 23.7 Å². The molecule has 1 aromatic carbocycles. The molecule has 0 radical (unpaired) electrons. The van der Waals surface area contributed by atoms with Crippen LogP contribution in [0, 0.1) is 0 Å². The third-order valence-corrected chi connectivity index (χ3v) is 5.23. The van der Waals surface area contributed by atoms with Crippen LogP contribution in [0.25, 0.3) is 0 Å². The molecule has 1 heterocycles. The van der Waals surface area contributed by atoms with Gasteiger partial charge in [0.15, 0.2) is 0 Å². The largest absolute Gasteiger partial charge is 0.467 e. The normalized spacial score (nSPS) is 20.8. The molecule has 2 atom stereocenters. The summed E-state index contributed by atoms with van der Waals surface area (Å²) >= 11 is 5.07. The second kappa shape index (κ2) is 7.78. The number of rotatable bonds is 3. The third-order valence-electron chi connectivity index (χ3n) is 3.48. The number of methoxy groups -OCH3 is 1. The van der Waals surface area contributed by atoms with Crippen LogP contribution in [0.5, 0.6) is 0 Å². The summed E-state index contributed by atoms with van der Waals surface area (Å²) in [5.41, 5.74) is -0.602. The van der Waals surface area contributed by atoms with E-state index in [9.17, 15) is 9.59 Å². The first-order valence-electron chi connectivity index (χ1n) is 7.69. The molecule has 0 aromatic heterocycles. The second-order valence-electron chi connectivity index (χ2n) is 6.60. The number of esters is 1. The van der Waals surface area contributed by atoms with Gasteiger partial charge in [-0.1, -0.05) is 15.9 Å². The highest BCUT2D eigenvalue weighted by molar-refractivity contribution is 9.10. The molecule has 1 aliphatic rings. The summed E-state index contributed by atoms with van der Waals surface area (Å²) in [7, 11) is 1.34. The zero-order chi connectivity index (χ0) is 17.9. The molecule has 132 valence electrons. The van der Waals surface area contributed by atoms with Gasteiger partial charge in [0.05, 0.1) is 7.11 Å². The maximum atomic E-state index is 12.4. The van der Waals surface area contributed by atoms with Crippen molar-refractivity contribution in [1.82, 2.24) is 4.90 Å². The lowest BCUT2D eigenvalue weighted by atomic mass is 10.2. The van der Waals surface area contributed by atoms with Crippen LogP contribution in [-0.4, -0.2) is 47.5 Å². The first-order chi connectivity index (χ1) is 11.2. The van der Waals surface area contributed by atoms with E-state index in [1.165, 1.54) is 12.0 Å². The van der Waals surface area contributed by atoms with Crippen LogP contribution < -0.4 is 0 Å². The van der Waals surface area contributed by atoms with Crippen molar-refractivity contribution in [3.05, 3.63) is 28.7 Å². The molecule has 1 amide bonds. The van der Waals surface area contributed by atoms with Crippen molar-refractivity contribution in [3.8, 4) is 0 Å². The molecular weight excluding hydrogens is 394 g/mol. The zero-order valence-electron chi connectivity index (χ0n) is 14.2. The monoisotopic (exact) mass is 415 g/mol. The number of halogens is 1. The molecule has 0 bridgehead atoms. The van der Waals surface area contributed by atoms with E-state index in [1.54, 1.807) is 11.8 Å². The molecule has 0 aliphatic carbocycles. The summed E-state index contributed by atoms with van der Waals surface area (Å²) in [4.78, 5) is 27.0. The Labute approximate surface area is 155 Å². The fourth-order valence-electron chi connectivity index (χ4n) is 2.47. The van der Waals surface area contributed by atoms with Crippen molar-refractivity contribution in [2.24, 2.45) is 0 Å². The van der Waals surface area contributed by atoms with Gasteiger partial charge in [0, 0.05) is 21.2 Å². The number of thioether (sulfide) groups is 1. The second-order valence-corrected chi connectivity index (χ2v) is 8.89. The van der Waals surface area contributed by atoms with Gasteiger partial charge in [0.1, 0.15) is 11.6 Å². The smallest absolute Gasteiger partial charge is 0.411 e. The van der Waals surface area contributed by atoms with E-state index in [4.69, 9.17) is 9.47 Å². The maximum Gasteiger partial charge on any atom is 0.411 e. The van der Waals surface area contributed by atoms with E-state index >= 15 is 0 Å². The van der Waals surface area contributed by atoms with E-state index in [0.717, 1.165) is 9.37 Å². The van der Waals surface area contributed by atoms with E-state index in [-0.39, 0.29) is 5.25 Å². The summed E-state index contributed by atoms with van der Waals surface area (Å²) in [6.07, 6.45) is 0.0731. The van der Waals surface area contributed by atoms with E-state index in [0.29, 0.717) is 13.0 Å². The Morgan fingerprint density at radius 1 is 1.25 bits per heavy atom. The van der Waals surface area contributed by atoms with Crippen LogP contribution in [0.15, 0.2) is 33.6 Å². The number of carbonyl (C=O) groups is 2. The molecule has 2 rings (SSSR count). The first kappa shape index (κ1) is 19.1. The molecule has 1 unspecified atom stereocenters. The average molecular weight is 416 g/mol. The van der Waals surface area contributed by atoms with Crippen molar-refractivity contribution in [3.63, 3.8) is 0 Å². The molecule has 1 aliphatic heterocycles. The Hall–Kier alpha value is -1.21. The highest BCUT2D eigenvalue weighted by Gasteiger charge is 2.42. The lowest BCUT2D eigenvalue weighted by Crippen LogP contribution is -2.43. The average Bonchev–Trinajstić information content (AvgIpc) is 2.91. The Kier molecular flexibility index (Phi) is 6.20. The highest BCUT2D eigenvalue weighted by Crippen LogP contribution is 2.34. The van der Waals surface area contributed by atoms with Gasteiger partial charge >= 0.3 is 12.1 Å². The Bertz CT molecular complexity index is 600. The number of benzene rings is 1. The molecule has 5 nitrogen and oxygen atoms in total. The Balaban J connectivity index is 2.09. The molecule has 1 fully saturated rings. The van der Waals surface area contributed by atoms with Gasteiger partial charge in [-0.3, -0.25) is 4.90 Å². The number of ether oxygens (including phenoxy) is 2. The predicted molar refractivity (Wildman–Crippen MR) is 97.1 cm³/mol. The molecule has 0 saturated carbocycles. The molecule has 1 aromatic rings. The summed E-state index contributed by atoms with van der Waals surface area (Å²) in [5.74, 6) is -0.403. The van der Waals surface area contributed by atoms with Gasteiger partial charge in [-0.15, -0.1) is 11.8 Å². The van der Waals surface area contributed by atoms with Gasteiger partial charge in [-0.25, -0.2) is 9.59 Å². The number of likely N-dealkylation sites (tertiary alicyclic amines) is 1. The molecule has 0 N–H and O–H groups in total. The molecular formula is C17H22BrNO4S. The van der Waals surface area contributed by atoms with Crippen molar-refractivity contribution in [2.75, 3.05) is 13.7 Å². The van der Waals surface area contributed by atoms with Gasteiger partial charge in [-0.05, 0) is 51.5 Å². The predicted octanol–water partition coefficient (Wildman–Crippen LogP) is 4.09. The summed E-state index contributed by atoms with van der Waals surface area (Å²) < 4.78 is 11.3. The lowest BCUT2D eigenvalue weighted by Gasteiger charge is -2.27. The number of nitrogens with zero attached hydrogens (tertiary/aromatic N) is 1. The van der Waals surface area contributed by atoms with Gasteiger partial charge in [-0.2, -0.15) is 0 Å². The fraction of sp³-hybridized carbons (Fsp3) is 0.529. The number of hydrogen-bond donors (Lipinski definition) is 0. The van der Waals surface area contributed by atoms with Crippen LogP contribution in [0.2, 0.25) is 0 Å². The Morgan fingerprint density at radius 2 is 1.88 bits per heavy atom. The van der Waals surface area contributed by atoms with E-state index in [2.05, 4.69) is 15.9 Å². The SMILES string of the molecule is COC(=O)[C@@H]1CC(Sc2ccc(Br)cc2)CN1C(=O)OC(C)(C)C. The van der Waals surface area contributed by atoms with Crippen molar-refractivity contribution >= 4 is 39.8 Å². The number of amides is 1. The molecule has 0 spiro atoms. The third kappa shape index (κ3) is 5.14. The van der Waals surface area contributed by atoms with Gasteiger partial charge < -0.3 is 9.47 Å². The standard InChI is InChI=1S/C17H22BrNO4S/c1-17(2,3)23-16(21)19-10-13(9-14(19)15(20)22-4)24-12-7-5-11(18)6-8-12/h5-8,13-14H,9-10H2,1-4H3/t13?,14-/m0/s1. The minimum atomic E-state index is -0.602. The van der Waals surface area contributed by atoms with Crippen molar-refractivity contribution in [2.45, 2.75) is 49.0 Å². The minimum absolute atomic E-state index is 0.114. The number of carbonyl (C=O) groups excluding carboxylic acids is 2. The van der Waals surface area contributed by atoms with Gasteiger partial charge in [0.25, 0.3) is 0 Å². The van der Waals surface area contributed by atoms with E-state index in [1.807, 2.05) is 45.0 Å². The van der Waals surface area contributed by atoms with Crippen LogP contribution in [-0.2, 0) is 14.3 Å². The topological polar surface area (TPSA) is 55.8 Å². The van der Waals surface area contributed by atoms with Crippen molar-refractivity contribution < 1.29 is 19.1 Å². The number of hydrogen-bond acceptors (Lipinski definition) is 5. The highest BCUT2D eigenvalue weighted by atomic mass is 79.9. The minimum Gasteiger partial charge on any atom is -0.467 e. The van der Waals surface area contributed by atoms with Crippen LogP contribution in [0.4, 0.5) is 4.79 Å². The zero-order valence-corrected chi connectivity index (χ0v) is 16.6. The molecule has 1 saturated heterocycles. The summed E-state index contributed by atoms with van der Waals surface area (Å²) in [6, 6.07) is 7.37. The van der Waals surface area contributed by atoms with Crippen molar-refractivity contribution in [1.29, 1.82) is 0 Å². The first-order valence-corrected chi connectivity index (χ1v) is 9.36. The van der Waals surface area contributed by atoms with Crippen LogP contribution >= 0.6 is 27.7 Å². The summed E-state index contributed by atoms with van der Waals surface area (Å²) in [5, 5.41) is 0.114. The van der Waals surface area contributed by atoms with Crippen LogP contribution in [0.1, 0.15) is 27.2 Å². The molecule has 24 heavy (non-hydrogen) atoms. The Morgan fingerprint density at radius 3 is 2.42 bits per heavy atom. The van der Waals surface area contributed by atoms with Crippen LogP contribution in [0.3, 0.4) is 0 Å². The quantitative estimate of drug-likeness (QED) is 0.695. The summed E-state index contributed by atoms with van der Waals surface area (Å²) in [6.45, 7) is 5.88. The lowest BCUT2D eigenvalue weighted by molar-refractivity contribution is -0.145. The van der Waals surface area contributed by atoms with Gasteiger partial charge in [0.2, 0.25) is 0 Å². The molecule has 7 heteroatoms. The fourth-order valence-corrected chi connectivity index (χ4v) is 3.93.